The van der Waals surface area contributed by atoms with E-state index >= 15 is 0 Å². The monoisotopic (exact) mass is 354 g/mol. The molecular formula is C16H23ClN4O3. The van der Waals surface area contributed by atoms with Crippen LogP contribution in [0.15, 0.2) is 24.3 Å². The van der Waals surface area contributed by atoms with Gasteiger partial charge in [0.25, 0.3) is 5.69 Å². The van der Waals surface area contributed by atoms with Gasteiger partial charge in [-0.1, -0.05) is 12.1 Å². The largest absolute Gasteiger partial charge is 0.362 e. The van der Waals surface area contributed by atoms with Crippen molar-refractivity contribution in [2.24, 2.45) is 5.92 Å². The van der Waals surface area contributed by atoms with Crippen LogP contribution in [0.2, 0.25) is 0 Å². The highest BCUT2D eigenvalue weighted by atomic mass is 35.5. The van der Waals surface area contributed by atoms with Gasteiger partial charge in [0.05, 0.1) is 10.8 Å². The predicted octanol–water partition coefficient (Wildman–Crippen LogP) is 1.66. The second-order valence-corrected chi connectivity index (χ2v) is 6.10. The number of hydrogen-bond acceptors (Lipinski definition) is 5. The van der Waals surface area contributed by atoms with E-state index in [1.807, 2.05) is 15.9 Å². The Morgan fingerprint density at radius 3 is 2.54 bits per heavy atom. The molecule has 0 bridgehead atoms. The molecule has 2 aliphatic heterocycles. The second-order valence-electron chi connectivity index (χ2n) is 6.10. The van der Waals surface area contributed by atoms with Crippen molar-refractivity contribution in [2.75, 3.05) is 44.2 Å². The fourth-order valence-electron chi connectivity index (χ4n) is 3.37. The van der Waals surface area contributed by atoms with E-state index in [9.17, 15) is 14.9 Å². The second kappa shape index (κ2) is 8.30. The zero-order chi connectivity index (χ0) is 16.2. The Bertz CT molecular complexity index is 584. The third kappa shape index (κ3) is 3.96. The molecule has 3 rings (SSSR count). The summed E-state index contributed by atoms with van der Waals surface area (Å²) in [6.07, 6.45) is 2.00. The summed E-state index contributed by atoms with van der Waals surface area (Å²) >= 11 is 0. The Morgan fingerprint density at radius 2 is 1.92 bits per heavy atom. The number of nitro benzene ring substituents is 1. The Kier molecular flexibility index (Phi) is 6.39. The van der Waals surface area contributed by atoms with Crippen molar-refractivity contribution < 1.29 is 9.72 Å². The summed E-state index contributed by atoms with van der Waals surface area (Å²) in [6, 6.07) is 6.80. The number of rotatable bonds is 3. The number of carbonyl (C=O) groups is 1. The lowest BCUT2D eigenvalue weighted by molar-refractivity contribution is -0.384. The van der Waals surface area contributed by atoms with Crippen molar-refractivity contribution in [1.82, 2.24) is 10.2 Å². The van der Waals surface area contributed by atoms with Crippen LogP contribution < -0.4 is 10.2 Å². The van der Waals surface area contributed by atoms with Crippen molar-refractivity contribution in [3.05, 3.63) is 34.4 Å². The van der Waals surface area contributed by atoms with Crippen LogP contribution in [-0.4, -0.2) is 55.0 Å². The molecule has 0 aliphatic carbocycles. The zero-order valence-electron chi connectivity index (χ0n) is 13.5. The first-order valence-corrected chi connectivity index (χ1v) is 8.14. The molecule has 2 heterocycles. The molecule has 1 aromatic carbocycles. The van der Waals surface area contributed by atoms with Crippen LogP contribution in [0.3, 0.4) is 0 Å². The number of halogens is 1. The normalized spacial score (nSPS) is 21.1. The van der Waals surface area contributed by atoms with Crippen LogP contribution in [0.1, 0.15) is 12.8 Å². The van der Waals surface area contributed by atoms with Crippen molar-refractivity contribution in [1.29, 1.82) is 0 Å². The van der Waals surface area contributed by atoms with Crippen LogP contribution in [0.4, 0.5) is 11.4 Å². The van der Waals surface area contributed by atoms with Gasteiger partial charge in [-0.15, -0.1) is 12.4 Å². The zero-order valence-corrected chi connectivity index (χ0v) is 14.3. The summed E-state index contributed by atoms with van der Waals surface area (Å²) in [7, 11) is 0. The summed E-state index contributed by atoms with van der Waals surface area (Å²) in [5.41, 5.74) is 0.771. The van der Waals surface area contributed by atoms with Gasteiger partial charge in [-0.2, -0.15) is 0 Å². The van der Waals surface area contributed by atoms with Crippen LogP contribution in [0, 0.1) is 16.0 Å². The van der Waals surface area contributed by atoms with Gasteiger partial charge in [-0.25, -0.2) is 0 Å². The first kappa shape index (κ1) is 18.5. The van der Waals surface area contributed by atoms with Crippen LogP contribution in [0.25, 0.3) is 0 Å². The molecule has 2 saturated heterocycles. The van der Waals surface area contributed by atoms with E-state index in [-0.39, 0.29) is 34.8 Å². The fourth-order valence-corrected chi connectivity index (χ4v) is 3.37. The molecule has 1 unspecified atom stereocenters. The Morgan fingerprint density at radius 1 is 1.21 bits per heavy atom. The molecule has 0 aromatic heterocycles. The minimum Gasteiger partial charge on any atom is -0.362 e. The average Bonchev–Trinajstić information content (AvgIpc) is 2.62. The lowest BCUT2D eigenvalue weighted by Crippen LogP contribution is -2.52. The maximum Gasteiger partial charge on any atom is 0.292 e. The SMILES string of the molecule is Cl.O=C(C1CCCNC1)N1CCN(c2ccccc2[N+](=O)[O-])CC1. The third-order valence-corrected chi connectivity index (χ3v) is 4.66. The Labute approximate surface area is 147 Å². The molecule has 8 heteroatoms. The smallest absolute Gasteiger partial charge is 0.292 e. The molecule has 24 heavy (non-hydrogen) atoms. The van der Waals surface area contributed by atoms with Crippen molar-refractivity contribution in [2.45, 2.75) is 12.8 Å². The maximum absolute atomic E-state index is 12.5. The summed E-state index contributed by atoms with van der Waals surface area (Å²) < 4.78 is 0. The third-order valence-electron chi connectivity index (χ3n) is 4.66. The number of amides is 1. The quantitative estimate of drug-likeness (QED) is 0.659. The molecule has 2 aliphatic rings. The standard InChI is InChI=1S/C16H22N4O3.ClH/c21-16(13-4-3-7-17-12-13)19-10-8-18(9-11-19)14-5-1-2-6-15(14)20(22)23;/h1-2,5-6,13,17H,3-4,7-12H2;1H. The summed E-state index contributed by atoms with van der Waals surface area (Å²) in [5, 5.41) is 14.4. The average molecular weight is 355 g/mol. The van der Waals surface area contributed by atoms with Gasteiger partial charge < -0.3 is 15.1 Å². The molecular weight excluding hydrogens is 332 g/mol. The summed E-state index contributed by atoms with van der Waals surface area (Å²) in [5.74, 6) is 0.306. The summed E-state index contributed by atoms with van der Waals surface area (Å²) in [6.45, 7) is 4.29. The number of nitrogens with one attached hydrogen (secondary N) is 1. The number of piperazine rings is 1. The minimum absolute atomic E-state index is 0. The van der Waals surface area contributed by atoms with Crippen molar-refractivity contribution >= 4 is 29.7 Å². The first-order chi connectivity index (χ1) is 11.2. The molecule has 1 atom stereocenters. The first-order valence-electron chi connectivity index (χ1n) is 8.14. The lowest BCUT2D eigenvalue weighted by atomic mass is 9.98. The number of hydrogen-bond donors (Lipinski definition) is 1. The molecule has 0 saturated carbocycles. The number of para-hydroxylation sites is 2. The van der Waals surface area contributed by atoms with E-state index in [2.05, 4.69) is 5.32 Å². The highest BCUT2D eigenvalue weighted by Gasteiger charge is 2.29. The molecule has 0 spiro atoms. The van der Waals surface area contributed by atoms with E-state index in [0.717, 1.165) is 25.9 Å². The number of anilines is 1. The van der Waals surface area contributed by atoms with Crippen LogP contribution in [-0.2, 0) is 4.79 Å². The predicted molar refractivity (Wildman–Crippen MR) is 94.7 cm³/mol. The van der Waals surface area contributed by atoms with Crippen LogP contribution in [0.5, 0.6) is 0 Å². The van der Waals surface area contributed by atoms with Gasteiger partial charge in [-0.05, 0) is 25.5 Å². The van der Waals surface area contributed by atoms with Crippen molar-refractivity contribution in [3.8, 4) is 0 Å². The number of piperidine rings is 1. The van der Waals surface area contributed by atoms with E-state index in [0.29, 0.717) is 31.9 Å². The Hall–Kier alpha value is -1.86. The number of benzene rings is 1. The highest BCUT2D eigenvalue weighted by molar-refractivity contribution is 5.85. The van der Waals surface area contributed by atoms with E-state index in [1.54, 1.807) is 12.1 Å². The molecule has 132 valence electrons. The minimum atomic E-state index is -0.347. The number of carbonyl (C=O) groups excluding carboxylic acids is 1. The van der Waals surface area contributed by atoms with E-state index in [4.69, 9.17) is 0 Å². The Balaban J connectivity index is 0.00000208. The fraction of sp³-hybridized carbons (Fsp3) is 0.562. The topological polar surface area (TPSA) is 78.7 Å². The summed E-state index contributed by atoms with van der Waals surface area (Å²) in [4.78, 5) is 27.2. The molecule has 7 nitrogen and oxygen atoms in total. The molecule has 1 amide bonds. The molecule has 2 fully saturated rings. The van der Waals surface area contributed by atoms with E-state index < -0.39 is 0 Å². The van der Waals surface area contributed by atoms with Gasteiger partial charge >= 0.3 is 0 Å². The molecule has 1 N–H and O–H groups in total. The van der Waals surface area contributed by atoms with Crippen LogP contribution >= 0.6 is 12.4 Å². The molecule has 1 aromatic rings. The van der Waals surface area contributed by atoms with E-state index in [1.165, 1.54) is 6.07 Å². The number of nitrogens with zero attached hydrogens (tertiary/aromatic N) is 3. The lowest BCUT2D eigenvalue weighted by Gasteiger charge is -2.38. The van der Waals surface area contributed by atoms with Gasteiger partial charge in [0.1, 0.15) is 5.69 Å². The molecule has 0 radical (unpaired) electrons. The van der Waals surface area contributed by atoms with Crippen molar-refractivity contribution in [3.63, 3.8) is 0 Å². The van der Waals surface area contributed by atoms with Gasteiger partial charge in [-0.3, -0.25) is 14.9 Å². The van der Waals surface area contributed by atoms with Gasteiger partial charge in [0.2, 0.25) is 5.91 Å². The highest BCUT2D eigenvalue weighted by Crippen LogP contribution is 2.28. The maximum atomic E-state index is 12.5. The van der Waals surface area contributed by atoms with Gasteiger partial charge in [0.15, 0.2) is 0 Å². The van der Waals surface area contributed by atoms with Gasteiger partial charge in [0, 0.05) is 38.8 Å². The number of nitro groups is 1.